The number of carbonyl (C=O) groups is 1. The van der Waals surface area contributed by atoms with Crippen LogP contribution in [0.4, 0.5) is 5.82 Å². The van der Waals surface area contributed by atoms with Gasteiger partial charge in [0, 0.05) is 31.7 Å². The number of hydrogen-bond acceptors (Lipinski definition) is 4. The summed E-state index contributed by atoms with van der Waals surface area (Å²) in [5.74, 6) is 0.990. The number of pyridine rings is 1. The van der Waals surface area contributed by atoms with Crippen molar-refractivity contribution in [1.29, 1.82) is 0 Å². The summed E-state index contributed by atoms with van der Waals surface area (Å²) >= 11 is 0. The van der Waals surface area contributed by atoms with Gasteiger partial charge in [0.15, 0.2) is 6.29 Å². The molecule has 0 N–H and O–H groups in total. The van der Waals surface area contributed by atoms with Crippen molar-refractivity contribution in [3.05, 3.63) is 23.4 Å². The maximum absolute atomic E-state index is 10.7. The van der Waals surface area contributed by atoms with Gasteiger partial charge in [-0.05, 0) is 25.6 Å². The van der Waals surface area contributed by atoms with Crippen LogP contribution in [0.2, 0.25) is 0 Å². The first-order valence-electron chi connectivity index (χ1n) is 6.14. The molecule has 92 valence electrons. The van der Waals surface area contributed by atoms with E-state index in [1.807, 2.05) is 19.1 Å². The molecule has 1 aromatic rings. The Bertz CT molecular complexity index is 398. The zero-order valence-corrected chi connectivity index (χ0v) is 10.5. The van der Waals surface area contributed by atoms with Crippen LogP contribution in [0.1, 0.15) is 23.0 Å². The lowest BCUT2D eigenvalue weighted by atomic mass is 10.2. The molecule has 17 heavy (non-hydrogen) atoms. The minimum absolute atomic E-state index is 0.681. The molecule has 2 rings (SSSR count). The van der Waals surface area contributed by atoms with E-state index < -0.39 is 0 Å². The molecular weight excluding hydrogens is 214 g/mol. The Hall–Kier alpha value is -1.42. The molecule has 0 amide bonds. The summed E-state index contributed by atoms with van der Waals surface area (Å²) < 4.78 is 0. The summed E-state index contributed by atoms with van der Waals surface area (Å²) in [5.41, 5.74) is 1.50. The molecule has 2 heterocycles. The lowest BCUT2D eigenvalue weighted by molar-refractivity contribution is 0.112. The third kappa shape index (κ3) is 2.64. The van der Waals surface area contributed by atoms with E-state index in [1.165, 1.54) is 0 Å². The van der Waals surface area contributed by atoms with Crippen molar-refractivity contribution < 1.29 is 4.79 Å². The second kappa shape index (κ2) is 5.27. The van der Waals surface area contributed by atoms with Crippen molar-refractivity contribution in [3.63, 3.8) is 0 Å². The monoisotopic (exact) mass is 233 g/mol. The molecule has 1 saturated heterocycles. The predicted octanol–water partition coefficient (Wildman–Crippen LogP) is 1.34. The SMILES string of the molecule is CCN1CCN(c2ccc(C=O)c(C)n2)CC1. The molecule has 0 aromatic carbocycles. The number of anilines is 1. The van der Waals surface area contributed by atoms with Crippen LogP contribution in [0.5, 0.6) is 0 Å². The maximum atomic E-state index is 10.7. The average molecular weight is 233 g/mol. The Labute approximate surface area is 102 Å². The number of rotatable bonds is 3. The topological polar surface area (TPSA) is 36.4 Å². The van der Waals surface area contributed by atoms with Crippen LogP contribution < -0.4 is 4.90 Å². The number of aldehydes is 1. The molecule has 0 atom stereocenters. The van der Waals surface area contributed by atoms with E-state index in [0.717, 1.165) is 50.5 Å². The third-order valence-electron chi connectivity index (χ3n) is 3.38. The highest BCUT2D eigenvalue weighted by Crippen LogP contribution is 2.15. The van der Waals surface area contributed by atoms with Crippen molar-refractivity contribution in [2.45, 2.75) is 13.8 Å². The first kappa shape index (κ1) is 12.0. The van der Waals surface area contributed by atoms with Crippen molar-refractivity contribution in [1.82, 2.24) is 9.88 Å². The van der Waals surface area contributed by atoms with Crippen molar-refractivity contribution in [2.24, 2.45) is 0 Å². The van der Waals surface area contributed by atoms with Gasteiger partial charge in [-0.1, -0.05) is 6.92 Å². The van der Waals surface area contributed by atoms with Crippen LogP contribution in [0.25, 0.3) is 0 Å². The van der Waals surface area contributed by atoms with Crippen LogP contribution in [-0.2, 0) is 0 Å². The molecule has 0 bridgehead atoms. The van der Waals surface area contributed by atoms with Gasteiger partial charge in [0.1, 0.15) is 5.82 Å². The molecule has 1 aliphatic heterocycles. The van der Waals surface area contributed by atoms with Crippen LogP contribution in [0, 0.1) is 6.92 Å². The zero-order valence-electron chi connectivity index (χ0n) is 10.5. The predicted molar refractivity (Wildman–Crippen MR) is 68.7 cm³/mol. The van der Waals surface area contributed by atoms with Crippen LogP contribution >= 0.6 is 0 Å². The first-order valence-corrected chi connectivity index (χ1v) is 6.14. The zero-order chi connectivity index (χ0) is 12.3. The van der Waals surface area contributed by atoms with E-state index in [-0.39, 0.29) is 0 Å². The van der Waals surface area contributed by atoms with Gasteiger partial charge in [-0.2, -0.15) is 0 Å². The summed E-state index contributed by atoms with van der Waals surface area (Å²) in [6.45, 7) is 9.40. The number of hydrogen-bond donors (Lipinski definition) is 0. The first-order chi connectivity index (χ1) is 8.24. The number of carbonyl (C=O) groups excluding carboxylic acids is 1. The number of likely N-dealkylation sites (N-methyl/N-ethyl adjacent to an activating group) is 1. The number of piperazine rings is 1. The number of aromatic nitrogens is 1. The van der Waals surface area contributed by atoms with Gasteiger partial charge in [0.2, 0.25) is 0 Å². The fourth-order valence-electron chi connectivity index (χ4n) is 2.15. The van der Waals surface area contributed by atoms with E-state index in [0.29, 0.717) is 5.56 Å². The Kier molecular flexibility index (Phi) is 3.74. The molecule has 0 spiro atoms. The van der Waals surface area contributed by atoms with Crippen molar-refractivity contribution >= 4 is 12.1 Å². The summed E-state index contributed by atoms with van der Waals surface area (Å²) in [6.07, 6.45) is 0.862. The van der Waals surface area contributed by atoms with Gasteiger partial charge in [-0.3, -0.25) is 4.79 Å². The fraction of sp³-hybridized carbons (Fsp3) is 0.538. The van der Waals surface area contributed by atoms with Gasteiger partial charge in [0.25, 0.3) is 0 Å². The largest absolute Gasteiger partial charge is 0.354 e. The van der Waals surface area contributed by atoms with Crippen LogP contribution in [0.15, 0.2) is 12.1 Å². The standard InChI is InChI=1S/C13H19N3O/c1-3-15-6-8-16(9-7-15)13-5-4-12(10-17)11(2)14-13/h4-5,10H,3,6-9H2,1-2H3. The Balaban J connectivity index is 2.08. The lowest BCUT2D eigenvalue weighted by Gasteiger charge is -2.34. The normalized spacial score (nSPS) is 17.2. The van der Waals surface area contributed by atoms with Gasteiger partial charge < -0.3 is 9.80 Å². The molecule has 4 nitrogen and oxygen atoms in total. The summed E-state index contributed by atoms with van der Waals surface area (Å²) in [6, 6.07) is 3.80. The van der Waals surface area contributed by atoms with Crippen LogP contribution in [0.3, 0.4) is 0 Å². The molecular formula is C13H19N3O. The van der Waals surface area contributed by atoms with Gasteiger partial charge in [0.05, 0.1) is 5.69 Å². The molecule has 0 radical (unpaired) electrons. The molecule has 0 aliphatic carbocycles. The molecule has 0 saturated carbocycles. The van der Waals surface area contributed by atoms with Gasteiger partial charge >= 0.3 is 0 Å². The summed E-state index contributed by atoms with van der Waals surface area (Å²) in [5, 5.41) is 0. The van der Waals surface area contributed by atoms with E-state index >= 15 is 0 Å². The number of nitrogens with zero attached hydrogens (tertiary/aromatic N) is 3. The van der Waals surface area contributed by atoms with Gasteiger partial charge in [-0.15, -0.1) is 0 Å². The average Bonchev–Trinajstić information content (AvgIpc) is 2.39. The van der Waals surface area contributed by atoms with Crippen molar-refractivity contribution in [2.75, 3.05) is 37.6 Å². The molecule has 1 aromatic heterocycles. The minimum atomic E-state index is 0.681. The Morgan fingerprint density at radius 2 is 2.00 bits per heavy atom. The summed E-state index contributed by atoms with van der Waals surface area (Å²) in [7, 11) is 0. The Morgan fingerprint density at radius 3 is 2.53 bits per heavy atom. The van der Waals surface area contributed by atoms with E-state index in [2.05, 4.69) is 21.7 Å². The van der Waals surface area contributed by atoms with Crippen molar-refractivity contribution in [3.8, 4) is 0 Å². The molecule has 1 aliphatic rings. The van der Waals surface area contributed by atoms with E-state index in [4.69, 9.17) is 0 Å². The summed E-state index contributed by atoms with van der Waals surface area (Å²) in [4.78, 5) is 20.0. The second-order valence-corrected chi connectivity index (χ2v) is 4.38. The third-order valence-corrected chi connectivity index (χ3v) is 3.38. The smallest absolute Gasteiger partial charge is 0.151 e. The van der Waals surface area contributed by atoms with E-state index in [1.54, 1.807) is 0 Å². The minimum Gasteiger partial charge on any atom is -0.354 e. The van der Waals surface area contributed by atoms with E-state index in [9.17, 15) is 4.79 Å². The molecule has 1 fully saturated rings. The quantitative estimate of drug-likeness (QED) is 0.738. The highest BCUT2D eigenvalue weighted by molar-refractivity contribution is 5.76. The fourth-order valence-corrected chi connectivity index (χ4v) is 2.15. The van der Waals surface area contributed by atoms with Gasteiger partial charge in [-0.25, -0.2) is 4.98 Å². The molecule has 0 unspecified atom stereocenters. The van der Waals surface area contributed by atoms with Crippen LogP contribution in [-0.4, -0.2) is 48.9 Å². The molecule has 4 heteroatoms. The maximum Gasteiger partial charge on any atom is 0.151 e. The highest BCUT2D eigenvalue weighted by atomic mass is 16.1. The Morgan fingerprint density at radius 1 is 1.29 bits per heavy atom. The lowest BCUT2D eigenvalue weighted by Crippen LogP contribution is -2.46. The number of aryl methyl sites for hydroxylation is 1. The second-order valence-electron chi connectivity index (χ2n) is 4.38. The highest BCUT2D eigenvalue weighted by Gasteiger charge is 2.16.